The molecular formula is C12H15BrO. The minimum atomic E-state index is 0.177. The second kappa shape index (κ2) is 5.30. The van der Waals surface area contributed by atoms with Crippen molar-refractivity contribution in [3.63, 3.8) is 0 Å². The second-order valence-electron chi connectivity index (χ2n) is 3.38. The van der Waals surface area contributed by atoms with E-state index in [1.54, 1.807) is 0 Å². The Labute approximate surface area is 93.7 Å². The quantitative estimate of drug-likeness (QED) is 0.741. The zero-order chi connectivity index (χ0) is 10.6. The summed E-state index contributed by atoms with van der Waals surface area (Å²) in [4.78, 5) is 11.9. The van der Waals surface area contributed by atoms with Crippen LogP contribution < -0.4 is 0 Å². The Morgan fingerprint density at radius 1 is 1.21 bits per heavy atom. The average Bonchev–Trinajstić information content (AvgIpc) is 2.20. The molecule has 0 N–H and O–H groups in total. The van der Waals surface area contributed by atoms with Crippen LogP contribution >= 0.6 is 15.9 Å². The highest BCUT2D eigenvalue weighted by Gasteiger charge is 2.15. The summed E-state index contributed by atoms with van der Waals surface area (Å²) in [6.07, 6.45) is 1.84. The molecule has 0 aliphatic carbocycles. The van der Waals surface area contributed by atoms with E-state index in [-0.39, 0.29) is 11.7 Å². The second-order valence-corrected chi connectivity index (χ2v) is 4.30. The van der Waals surface area contributed by atoms with Gasteiger partial charge in [0.15, 0.2) is 5.78 Å². The lowest BCUT2D eigenvalue weighted by Crippen LogP contribution is -2.12. The number of carbonyl (C=O) groups excluding carboxylic acids is 1. The molecule has 0 amide bonds. The first-order chi connectivity index (χ1) is 6.69. The van der Waals surface area contributed by atoms with Gasteiger partial charge in [0, 0.05) is 16.0 Å². The van der Waals surface area contributed by atoms with Crippen LogP contribution in [0.3, 0.4) is 0 Å². The molecule has 0 aromatic heterocycles. The van der Waals surface area contributed by atoms with Gasteiger partial charge in [0.2, 0.25) is 0 Å². The number of carbonyl (C=O) groups is 1. The Morgan fingerprint density at radius 3 is 2.14 bits per heavy atom. The lowest BCUT2D eigenvalue weighted by Gasteiger charge is -2.10. The molecule has 0 heterocycles. The van der Waals surface area contributed by atoms with Gasteiger partial charge >= 0.3 is 0 Å². The van der Waals surface area contributed by atoms with Crippen LogP contribution in [0.2, 0.25) is 0 Å². The molecule has 1 aromatic rings. The van der Waals surface area contributed by atoms with Crippen LogP contribution in [0.15, 0.2) is 28.7 Å². The first-order valence-corrected chi connectivity index (χ1v) is 5.78. The summed E-state index contributed by atoms with van der Waals surface area (Å²) in [6.45, 7) is 4.12. The van der Waals surface area contributed by atoms with Crippen LogP contribution in [0.4, 0.5) is 0 Å². The Balaban J connectivity index is 2.83. The van der Waals surface area contributed by atoms with E-state index in [9.17, 15) is 4.79 Å². The molecule has 0 unspecified atom stereocenters. The summed E-state index contributed by atoms with van der Waals surface area (Å²) >= 11 is 3.35. The molecule has 0 radical (unpaired) electrons. The number of hydrogen-bond acceptors (Lipinski definition) is 1. The third-order valence-corrected chi connectivity index (χ3v) is 3.01. The molecule has 0 fully saturated rings. The van der Waals surface area contributed by atoms with Gasteiger partial charge in [-0.05, 0) is 25.0 Å². The molecule has 76 valence electrons. The van der Waals surface area contributed by atoms with Gasteiger partial charge in [-0.3, -0.25) is 4.79 Å². The van der Waals surface area contributed by atoms with Crippen LogP contribution in [0, 0.1) is 5.92 Å². The normalized spacial score (nSPS) is 10.6. The minimum Gasteiger partial charge on any atom is -0.294 e. The Morgan fingerprint density at radius 2 is 1.71 bits per heavy atom. The van der Waals surface area contributed by atoms with E-state index in [0.717, 1.165) is 22.9 Å². The van der Waals surface area contributed by atoms with E-state index in [1.807, 2.05) is 24.3 Å². The summed E-state index contributed by atoms with van der Waals surface area (Å²) in [7, 11) is 0. The Hall–Kier alpha value is -0.630. The van der Waals surface area contributed by atoms with E-state index < -0.39 is 0 Å². The molecular weight excluding hydrogens is 240 g/mol. The van der Waals surface area contributed by atoms with Crippen molar-refractivity contribution in [3.05, 3.63) is 34.3 Å². The topological polar surface area (TPSA) is 17.1 Å². The lowest BCUT2D eigenvalue weighted by atomic mass is 9.93. The van der Waals surface area contributed by atoms with Gasteiger partial charge in [-0.15, -0.1) is 0 Å². The van der Waals surface area contributed by atoms with Crippen molar-refractivity contribution in [2.24, 2.45) is 5.92 Å². The van der Waals surface area contributed by atoms with Gasteiger partial charge in [0.25, 0.3) is 0 Å². The van der Waals surface area contributed by atoms with Crippen molar-refractivity contribution >= 4 is 21.7 Å². The highest BCUT2D eigenvalue weighted by atomic mass is 79.9. The maximum atomic E-state index is 11.9. The smallest absolute Gasteiger partial charge is 0.165 e. The first kappa shape index (κ1) is 11.4. The van der Waals surface area contributed by atoms with E-state index in [4.69, 9.17) is 0 Å². The van der Waals surface area contributed by atoms with Gasteiger partial charge < -0.3 is 0 Å². The number of halogens is 1. The molecule has 14 heavy (non-hydrogen) atoms. The zero-order valence-corrected chi connectivity index (χ0v) is 10.2. The molecule has 1 nitrogen and oxygen atoms in total. The van der Waals surface area contributed by atoms with Crippen LogP contribution in [0.1, 0.15) is 37.0 Å². The molecule has 0 bridgehead atoms. The van der Waals surface area contributed by atoms with Crippen LogP contribution in [0.5, 0.6) is 0 Å². The maximum absolute atomic E-state index is 11.9. The van der Waals surface area contributed by atoms with Crippen molar-refractivity contribution in [2.45, 2.75) is 26.7 Å². The third-order valence-electron chi connectivity index (χ3n) is 2.49. The summed E-state index contributed by atoms with van der Waals surface area (Å²) in [5.74, 6) is 0.443. The Bertz CT molecular complexity index is 299. The number of hydrogen-bond donors (Lipinski definition) is 0. The van der Waals surface area contributed by atoms with Gasteiger partial charge in [-0.25, -0.2) is 0 Å². The van der Waals surface area contributed by atoms with E-state index in [0.29, 0.717) is 0 Å². The fraction of sp³-hybridized carbons (Fsp3) is 0.417. The van der Waals surface area contributed by atoms with Gasteiger partial charge in [-0.2, -0.15) is 0 Å². The predicted octanol–water partition coefficient (Wildman–Crippen LogP) is 4.07. The molecule has 1 aromatic carbocycles. The third kappa shape index (κ3) is 2.68. The molecule has 0 aliphatic rings. The van der Waals surface area contributed by atoms with Crippen LogP contribution in [-0.4, -0.2) is 5.78 Å². The minimum absolute atomic E-state index is 0.177. The van der Waals surface area contributed by atoms with E-state index in [2.05, 4.69) is 29.8 Å². The van der Waals surface area contributed by atoms with E-state index in [1.165, 1.54) is 0 Å². The fourth-order valence-electron chi connectivity index (χ4n) is 1.51. The molecule has 1 rings (SSSR count). The fourth-order valence-corrected chi connectivity index (χ4v) is 1.77. The standard InChI is InChI=1S/C12H15BrO/c1-3-9(4-2)12(14)10-5-7-11(13)8-6-10/h5-9H,3-4H2,1-2H3. The molecule has 0 saturated carbocycles. The summed E-state index contributed by atoms with van der Waals surface area (Å²) in [5.41, 5.74) is 0.821. The lowest BCUT2D eigenvalue weighted by molar-refractivity contribution is 0.0913. The maximum Gasteiger partial charge on any atom is 0.165 e. The summed E-state index contributed by atoms with van der Waals surface area (Å²) in [6, 6.07) is 7.58. The molecule has 0 spiro atoms. The van der Waals surface area contributed by atoms with Crippen molar-refractivity contribution in [1.82, 2.24) is 0 Å². The molecule has 0 saturated heterocycles. The first-order valence-electron chi connectivity index (χ1n) is 4.98. The highest BCUT2D eigenvalue weighted by Crippen LogP contribution is 2.17. The summed E-state index contributed by atoms with van der Waals surface area (Å²) in [5, 5.41) is 0. The SMILES string of the molecule is CCC(CC)C(=O)c1ccc(Br)cc1. The molecule has 0 atom stereocenters. The molecule has 2 heteroatoms. The van der Waals surface area contributed by atoms with Crippen LogP contribution in [0.25, 0.3) is 0 Å². The van der Waals surface area contributed by atoms with Gasteiger partial charge in [-0.1, -0.05) is 41.9 Å². The monoisotopic (exact) mass is 254 g/mol. The largest absolute Gasteiger partial charge is 0.294 e. The average molecular weight is 255 g/mol. The predicted molar refractivity (Wildman–Crippen MR) is 62.5 cm³/mol. The van der Waals surface area contributed by atoms with E-state index >= 15 is 0 Å². The Kier molecular flexibility index (Phi) is 4.33. The number of Topliss-reactive ketones (excluding diaryl/α,β-unsaturated/α-hetero) is 1. The van der Waals surface area contributed by atoms with Crippen molar-refractivity contribution in [2.75, 3.05) is 0 Å². The number of ketones is 1. The van der Waals surface area contributed by atoms with Gasteiger partial charge in [0.1, 0.15) is 0 Å². The number of benzene rings is 1. The molecule has 0 aliphatic heterocycles. The van der Waals surface area contributed by atoms with Gasteiger partial charge in [0.05, 0.1) is 0 Å². The highest BCUT2D eigenvalue weighted by molar-refractivity contribution is 9.10. The van der Waals surface area contributed by atoms with Crippen molar-refractivity contribution in [3.8, 4) is 0 Å². The number of rotatable bonds is 4. The zero-order valence-electron chi connectivity index (χ0n) is 8.59. The summed E-state index contributed by atoms with van der Waals surface area (Å²) < 4.78 is 1.01. The van der Waals surface area contributed by atoms with Crippen LogP contribution in [-0.2, 0) is 0 Å². The van der Waals surface area contributed by atoms with Crippen molar-refractivity contribution < 1.29 is 4.79 Å². The van der Waals surface area contributed by atoms with Crippen molar-refractivity contribution in [1.29, 1.82) is 0 Å².